The maximum Gasteiger partial charge on any atom is 0.387 e. The van der Waals surface area contributed by atoms with Crippen molar-refractivity contribution < 1.29 is 23.1 Å². The Morgan fingerprint density at radius 2 is 1.93 bits per heavy atom. The first-order valence-corrected chi connectivity index (χ1v) is 9.71. The van der Waals surface area contributed by atoms with E-state index in [-0.39, 0.29) is 22.5 Å². The molecular weight excluding hydrogens is 406 g/mol. The van der Waals surface area contributed by atoms with E-state index in [0.29, 0.717) is 18.0 Å². The van der Waals surface area contributed by atoms with Gasteiger partial charge in [-0.15, -0.1) is 10.2 Å². The van der Waals surface area contributed by atoms with Gasteiger partial charge in [-0.05, 0) is 36.6 Å². The van der Waals surface area contributed by atoms with Crippen molar-refractivity contribution in [3.8, 4) is 17.1 Å². The van der Waals surface area contributed by atoms with Gasteiger partial charge in [-0.25, -0.2) is 9.47 Å². The van der Waals surface area contributed by atoms with E-state index in [1.54, 1.807) is 0 Å². The summed E-state index contributed by atoms with van der Waals surface area (Å²) in [6.07, 6.45) is 0.810. The van der Waals surface area contributed by atoms with Crippen LogP contribution in [0.3, 0.4) is 0 Å². The van der Waals surface area contributed by atoms with Gasteiger partial charge >= 0.3 is 12.6 Å². The molecule has 2 rings (SSSR count). The number of rotatable bonds is 9. The molecule has 12 heteroatoms. The van der Waals surface area contributed by atoms with Crippen molar-refractivity contribution in [2.24, 2.45) is 5.92 Å². The molecule has 0 atom stereocenters. The van der Waals surface area contributed by atoms with Gasteiger partial charge in [0, 0.05) is 12.1 Å². The van der Waals surface area contributed by atoms with Crippen molar-refractivity contribution in [3.63, 3.8) is 0 Å². The molecule has 0 aliphatic rings. The average molecular weight is 428 g/mol. The number of urea groups is 1. The van der Waals surface area contributed by atoms with E-state index in [0.717, 1.165) is 18.2 Å². The first-order valence-electron chi connectivity index (χ1n) is 8.72. The summed E-state index contributed by atoms with van der Waals surface area (Å²) in [5.74, 6) is 6.08. The van der Waals surface area contributed by atoms with Crippen LogP contribution in [0.4, 0.5) is 13.6 Å². The molecule has 0 spiro atoms. The number of thioether (sulfide) groups is 1. The number of halogens is 2. The van der Waals surface area contributed by atoms with Crippen LogP contribution in [-0.2, 0) is 4.79 Å². The lowest BCUT2D eigenvalue weighted by molar-refractivity contribution is -0.117. The lowest BCUT2D eigenvalue weighted by atomic mass is 10.1. The fourth-order valence-electron chi connectivity index (χ4n) is 2.17. The highest BCUT2D eigenvalue weighted by Crippen LogP contribution is 2.24. The molecule has 1 aromatic heterocycles. The molecule has 1 heterocycles. The van der Waals surface area contributed by atoms with Crippen molar-refractivity contribution in [2.75, 3.05) is 18.1 Å². The summed E-state index contributed by atoms with van der Waals surface area (Å²) in [4.78, 5) is 23.5. The maximum atomic E-state index is 12.2. The van der Waals surface area contributed by atoms with Crippen LogP contribution in [0.15, 0.2) is 29.4 Å². The molecule has 4 N–H and O–H groups in total. The van der Waals surface area contributed by atoms with E-state index in [4.69, 9.17) is 5.84 Å². The molecule has 29 heavy (non-hydrogen) atoms. The molecule has 0 saturated carbocycles. The first-order chi connectivity index (χ1) is 13.8. The van der Waals surface area contributed by atoms with Crippen LogP contribution in [0.1, 0.15) is 20.3 Å². The highest BCUT2D eigenvalue weighted by molar-refractivity contribution is 7.99. The number of imide groups is 1. The van der Waals surface area contributed by atoms with Gasteiger partial charge < -0.3 is 15.9 Å². The van der Waals surface area contributed by atoms with Gasteiger partial charge in [0.2, 0.25) is 11.1 Å². The molecule has 9 nitrogen and oxygen atoms in total. The second kappa shape index (κ2) is 10.6. The van der Waals surface area contributed by atoms with E-state index < -0.39 is 18.5 Å². The number of benzene rings is 1. The number of nitrogens with zero attached hydrogens (tertiary/aromatic N) is 3. The minimum Gasteiger partial charge on any atom is -0.435 e. The van der Waals surface area contributed by atoms with Gasteiger partial charge in [0.25, 0.3) is 0 Å². The Morgan fingerprint density at radius 1 is 1.24 bits per heavy atom. The normalized spacial score (nSPS) is 11.0. The molecule has 1 aromatic carbocycles. The molecule has 158 valence electrons. The number of carbonyl (C=O) groups excluding carboxylic acids is 2. The summed E-state index contributed by atoms with van der Waals surface area (Å²) >= 11 is 1.00. The Labute approximate surface area is 170 Å². The van der Waals surface area contributed by atoms with Crippen LogP contribution in [0.25, 0.3) is 11.4 Å². The summed E-state index contributed by atoms with van der Waals surface area (Å²) in [5, 5.41) is 12.9. The van der Waals surface area contributed by atoms with Crippen LogP contribution < -0.4 is 21.2 Å². The molecule has 0 saturated heterocycles. The molecule has 3 amide bonds. The molecule has 0 unspecified atom stereocenters. The predicted octanol–water partition coefficient (Wildman–Crippen LogP) is 2.22. The summed E-state index contributed by atoms with van der Waals surface area (Å²) in [6.45, 7) is 1.63. The highest BCUT2D eigenvalue weighted by atomic mass is 32.2. The quantitative estimate of drug-likeness (QED) is 0.413. The minimum atomic E-state index is -2.91. The summed E-state index contributed by atoms with van der Waals surface area (Å²) in [5.41, 5.74) is 0.530. The second-order valence-corrected chi connectivity index (χ2v) is 7.30. The van der Waals surface area contributed by atoms with Crippen molar-refractivity contribution in [3.05, 3.63) is 24.3 Å². The molecule has 0 aliphatic heterocycles. The predicted molar refractivity (Wildman–Crippen MR) is 104 cm³/mol. The lowest BCUT2D eigenvalue weighted by Gasteiger charge is -2.08. The van der Waals surface area contributed by atoms with Gasteiger partial charge in [0.1, 0.15) is 5.75 Å². The number of nitrogens with one attached hydrogen (secondary N) is 2. The van der Waals surface area contributed by atoms with Crippen molar-refractivity contribution >= 4 is 23.7 Å². The van der Waals surface area contributed by atoms with Gasteiger partial charge in [-0.3, -0.25) is 10.1 Å². The Kier molecular flexibility index (Phi) is 8.19. The summed E-state index contributed by atoms with van der Waals surface area (Å²) in [7, 11) is 0. The standard InChI is InChI=1S/C17H22F2N6O3S/c1-10(2)7-8-21-16(27)22-13(26)9-29-17-24-23-14(25(17)20)11-3-5-12(6-4-11)28-15(18)19/h3-6,10,15H,7-9,20H2,1-2H3,(H2,21,22,26,27). The van der Waals surface area contributed by atoms with Gasteiger partial charge in [-0.2, -0.15) is 8.78 Å². The Hall–Kier alpha value is -2.89. The van der Waals surface area contributed by atoms with Crippen LogP contribution in [0.2, 0.25) is 0 Å². The number of nitrogens with two attached hydrogens (primary N) is 1. The van der Waals surface area contributed by atoms with Gasteiger partial charge in [0.15, 0.2) is 5.82 Å². The number of carbonyl (C=O) groups is 2. The second-order valence-electron chi connectivity index (χ2n) is 6.35. The van der Waals surface area contributed by atoms with Crippen LogP contribution in [0, 0.1) is 5.92 Å². The summed E-state index contributed by atoms with van der Waals surface area (Å²) in [6, 6.07) is 5.17. The largest absolute Gasteiger partial charge is 0.435 e. The van der Waals surface area contributed by atoms with Crippen LogP contribution >= 0.6 is 11.8 Å². The average Bonchev–Trinajstić information content (AvgIpc) is 3.00. The number of alkyl halides is 2. The minimum absolute atomic E-state index is 0.00442. The number of nitrogen functional groups attached to an aromatic ring is 1. The Morgan fingerprint density at radius 3 is 2.55 bits per heavy atom. The van der Waals surface area contributed by atoms with E-state index in [1.165, 1.54) is 28.9 Å². The van der Waals surface area contributed by atoms with Gasteiger partial charge in [-0.1, -0.05) is 25.6 Å². The third-order valence-corrected chi connectivity index (χ3v) is 4.54. The third-order valence-electron chi connectivity index (χ3n) is 3.59. The fraction of sp³-hybridized carbons (Fsp3) is 0.412. The number of ether oxygens (including phenoxy) is 1. The van der Waals surface area contributed by atoms with E-state index in [9.17, 15) is 18.4 Å². The SMILES string of the molecule is CC(C)CCNC(=O)NC(=O)CSc1nnc(-c2ccc(OC(F)F)cc2)n1N. The number of hydrogen-bond donors (Lipinski definition) is 3. The van der Waals surface area contributed by atoms with Crippen molar-refractivity contribution in [2.45, 2.75) is 32.0 Å². The highest BCUT2D eigenvalue weighted by Gasteiger charge is 2.15. The van der Waals surface area contributed by atoms with E-state index >= 15 is 0 Å². The zero-order valence-corrected chi connectivity index (χ0v) is 16.7. The maximum absolute atomic E-state index is 12.2. The van der Waals surface area contributed by atoms with Gasteiger partial charge in [0.05, 0.1) is 5.75 Å². The smallest absolute Gasteiger partial charge is 0.387 e. The first kappa shape index (κ1) is 22.4. The Balaban J connectivity index is 1.87. The molecule has 0 fully saturated rings. The molecule has 0 radical (unpaired) electrons. The molecule has 0 aliphatic carbocycles. The number of aromatic nitrogens is 3. The number of hydrogen-bond acceptors (Lipinski definition) is 7. The monoisotopic (exact) mass is 428 g/mol. The zero-order chi connectivity index (χ0) is 21.4. The molecule has 2 aromatic rings. The van der Waals surface area contributed by atoms with E-state index in [1.807, 2.05) is 13.8 Å². The van der Waals surface area contributed by atoms with Crippen molar-refractivity contribution in [1.82, 2.24) is 25.5 Å². The van der Waals surface area contributed by atoms with Crippen LogP contribution in [-0.4, -0.2) is 45.7 Å². The molecule has 0 bridgehead atoms. The van der Waals surface area contributed by atoms with Crippen molar-refractivity contribution in [1.29, 1.82) is 0 Å². The van der Waals surface area contributed by atoms with E-state index in [2.05, 4.69) is 25.6 Å². The fourth-order valence-corrected chi connectivity index (χ4v) is 2.83. The zero-order valence-electron chi connectivity index (χ0n) is 15.9. The summed E-state index contributed by atoms with van der Waals surface area (Å²) < 4.78 is 29.9. The Bertz CT molecular complexity index is 829. The lowest BCUT2D eigenvalue weighted by Crippen LogP contribution is -2.40. The third kappa shape index (κ3) is 7.22. The molecular formula is C17H22F2N6O3S. The number of amides is 3. The topological polar surface area (TPSA) is 124 Å². The van der Waals surface area contributed by atoms with Crippen LogP contribution in [0.5, 0.6) is 5.75 Å².